The number of carbonyl (C=O) groups excluding carboxylic acids is 1. The van der Waals surface area contributed by atoms with E-state index in [4.69, 9.17) is 5.73 Å². The highest BCUT2D eigenvalue weighted by atomic mass is 16.1. The third kappa shape index (κ3) is 3.35. The molecule has 1 unspecified atom stereocenters. The minimum Gasteiger partial charge on any atom is -0.327 e. The van der Waals surface area contributed by atoms with Crippen LogP contribution < -0.4 is 11.1 Å². The molecule has 0 aliphatic carbocycles. The third-order valence-electron chi connectivity index (χ3n) is 2.58. The van der Waals surface area contributed by atoms with Crippen molar-refractivity contribution >= 4 is 11.6 Å². The second-order valence-corrected chi connectivity index (χ2v) is 4.49. The summed E-state index contributed by atoms with van der Waals surface area (Å²) in [4.78, 5) is 11.6. The monoisotopic (exact) mass is 260 g/mol. The van der Waals surface area contributed by atoms with E-state index in [0.717, 1.165) is 16.9 Å². The fourth-order valence-electron chi connectivity index (χ4n) is 1.77. The van der Waals surface area contributed by atoms with Gasteiger partial charge in [0.1, 0.15) is 6.33 Å². The third-order valence-corrected chi connectivity index (χ3v) is 2.58. The average Bonchev–Trinajstić information content (AvgIpc) is 2.81. The molecule has 2 rings (SSSR count). The van der Waals surface area contributed by atoms with Gasteiger partial charge in [0.15, 0.2) is 0 Å². The predicted molar refractivity (Wildman–Crippen MR) is 70.8 cm³/mol. The van der Waals surface area contributed by atoms with Gasteiger partial charge in [0.25, 0.3) is 0 Å². The maximum atomic E-state index is 11.6. The van der Waals surface area contributed by atoms with Crippen molar-refractivity contribution in [3.8, 4) is 5.69 Å². The Balaban J connectivity index is 2.13. The Bertz CT molecular complexity index is 564. The highest BCUT2D eigenvalue weighted by molar-refractivity contribution is 5.91. The van der Waals surface area contributed by atoms with Crippen molar-refractivity contribution in [2.24, 2.45) is 5.73 Å². The number of nitrogens with one attached hydrogen (secondary N) is 1. The first-order valence-electron chi connectivity index (χ1n) is 5.95. The lowest BCUT2D eigenvalue weighted by Gasteiger charge is -2.10. The summed E-state index contributed by atoms with van der Waals surface area (Å²) in [6, 6.07) is 5.38. The number of amides is 1. The summed E-state index contributed by atoms with van der Waals surface area (Å²) >= 11 is 0. The zero-order valence-corrected chi connectivity index (χ0v) is 10.9. The number of aromatic nitrogens is 4. The molecule has 7 nitrogen and oxygen atoms in total. The van der Waals surface area contributed by atoms with E-state index in [1.54, 1.807) is 11.6 Å². The molecule has 7 heteroatoms. The van der Waals surface area contributed by atoms with Gasteiger partial charge in [-0.05, 0) is 48.0 Å². The van der Waals surface area contributed by atoms with Gasteiger partial charge in [-0.25, -0.2) is 4.68 Å². The molecule has 0 aliphatic heterocycles. The highest BCUT2D eigenvalue weighted by Crippen LogP contribution is 2.18. The van der Waals surface area contributed by atoms with Gasteiger partial charge in [0, 0.05) is 18.2 Å². The molecule has 1 heterocycles. The zero-order chi connectivity index (χ0) is 13.8. The van der Waals surface area contributed by atoms with Crippen LogP contribution in [-0.4, -0.2) is 32.2 Å². The second kappa shape index (κ2) is 5.57. The number of hydrogen-bond donors (Lipinski definition) is 2. The Kier molecular flexibility index (Phi) is 3.86. The fourth-order valence-corrected chi connectivity index (χ4v) is 1.77. The molecule has 0 spiro atoms. The smallest absolute Gasteiger partial charge is 0.225 e. The molecule has 1 amide bonds. The topological polar surface area (TPSA) is 98.7 Å². The highest BCUT2D eigenvalue weighted by Gasteiger charge is 2.08. The largest absolute Gasteiger partial charge is 0.327 e. The zero-order valence-electron chi connectivity index (χ0n) is 10.9. The van der Waals surface area contributed by atoms with Gasteiger partial charge in [-0.2, -0.15) is 0 Å². The Labute approximate surface area is 110 Å². The average molecular weight is 260 g/mol. The van der Waals surface area contributed by atoms with E-state index in [2.05, 4.69) is 20.8 Å². The molecule has 100 valence electrons. The van der Waals surface area contributed by atoms with Crippen LogP contribution in [0.15, 0.2) is 24.5 Å². The summed E-state index contributed by atoms with van der Waals surface area (Å²) in [5, 5.41) is 13.8. The lowest BCUT2D eigenvalue weighted by Crippen LogP contribution is -2.24. The summed E-state index contributed by atoms with van der Waals surface area (Å²) in [5.41, 5.74) is 8.15. The van der Waals surface area contributed by atoms with Crippen LogP contribution in [-0.2, 0) is 4.79 Å². The standard InChI is InChI=1S/C12H16N6O/c1-8-5-10(15-12(19)6-9(2)13)3-4-11(8)18-7-14-16-17-18/h3-5,7,9H,6,13H2,1-2H3,(H,15,19). The van der Waals surface area contributed by atoms with Crippen LogP contribution in [0.1, 0.15) is 18.9 Å². The minimum absolute atomic E-state index is 0.0930. The second-order valence-electron chi connectivity index (χ2n) is 4.49. The molecule has 1 atom stereocenters. The normalized spacial score (nSPS) is 12.2. The molecular formula is C12H16N6O. The van der Waals surface area contributed by atoms with E-state index < -0.39 is 0 Å². The van der Waals surface area contributed by atoms with Crippen molar-refractivity contribution in [1.82, 2.24) is 20.2 Å². The van der Waals surface area contributed by atoms with Crippen molar-refractivity contribution in [1.29, 1.82) is 0 Å². The Morgan fingerprint density at radius 2 is 2.32 bits per heavy atom. The maximum absolute atomic E-state index is 11.6. The number of aryl methyl sites for hydroxylation is 1. The fraction of sp³-hybridized carbons (Fsp3) is 0.333. The summed E-state index contributed by atoms with van der Waals surface area (Å²) in [6.07, 6.45) is 1.82. The maximum Gasteiger partial charge on any atom is 0.225 e. The molecule has 0 aliphatic rings. The molecule has 2 aromatic rings. The number of anilines is 1. The van der Waals surface area contributed by atoms with Gasteiger partial charge in [0.2, 0.25) is 5.91 Å². The van der Waals surface area contributed by atoms with E-state index in [1.807, 2.05) is 25.1 Å². The van der Waals surface area contributed by atoms with Crippen molar-refractivity contribution in [2.75, 3.05) is 5.32 Å². The van der Waals surface area contributed by atoms with Crippen LogP contribution in [0.2, 0.25) is 0 Å². The summed E-state index contributed by atoms with van der Waals surface area (Å²) in [7, 11) is 0. The lowest BCUT2D eigenvalue weighted by atomic mass is 10.1. The van der Waals surface area contributed by atoms with E-state index in [1.165, 1.54) is 6.33 Å². The van der Waals surface area contributed by atoms with Crippen molar-refractivity contribution in [3.63, 3.8) is 0 Å². The van der Waals surface area contributed by atoms with Crippen molar-refractivity contribution < 1.29 is 4.79 Å². The van der Waals surface area contributed by atoms with Gasteiger partial charge in [0.05, 0.1) is 5.69 Å². The molecule has 3 N–H and O–H groups in total. The number of nitrogens with zero attached hydrogens (tertiary/aromatic N) is 4. The van der Waals surface area contributed by atoms with Crippen LogP contribution in [0.3, 0.4) is 0 Å². The number of benzene rings is 1. The molecule has 1 aromatic heterocycles. The molecule has 0 fully saturated rings. The molecule has 0 saturated carbocycles. The number of hydrogen-bond acceptors (Lipinski definition) is 5. The Morgan fingerprint density at radius 1 is 1.53 bits per heavy atom. The first-order valence-corrected chi connectivity index (χ1v) is 5.95. The summed E-state index contributed by atoms with van der Waals surface area (Å²) in [6.45, 7) is 3.73. The van der Waals surface area contributed by atoms with Crippen LogP contribution in [0.5, 0.6) is 0 Å². The summed E-state index contributed by atoms with van der Waals surface area (Å²) < 4.78 is 1.57. The first kappa shape index (κ1) is 13.2. The van der Waals surface area contributed by atoms with E-state index >= 15 is 0 Å². The first-order chi connectivity index (χ1) is 9.06. The SMILES string of the molecule is Cc1cc(NC(=O)CC(C)N)ccc1-n1cnnn1. The van der Waals surface area contributed by atoms with Gasteiger partial charge in [-0.1, -0.05) is 0 Å². The number of nitrogens with two attached hydrogens (primary N) is 1. The van der Waals surface area contributed by atoms with Crippen molar-refractivity contribution in [3.05, 3.63) is 30.1 Å². The van der Waals surface area contributed by atoms with Crippen LogP contribution >= 0.6 is 0 Å². The van der Waals surface area contributed by atoms with Gasteiger partial charge in [-0.3, -0.25) is 4.79 Å². The van der Waals surface area contributed by atoms with Crippen molar-refractivity contribution in [2.45, 2.75) is 26.3 Å². The minimum atomic E-state index is -0.151. The predicted octanol–water partition coefficient (Wildman–Crippen LogP) is 0.647. The summed E-state index contributed by atoms with van der Waals surface area (Å²) in [5.74, 6) is -0.0930. The molecular weight excluding hydrogens is 244 g/mol. The van der Waals surface area contributed by atoms with E-state index in [-0.39, 0.29) is 11.9 Å². The van der Waals surface area contributed by atoms with Crippen LogP contribution in [0.4, 0.5) is 5.69 Å². The molecule has 0 radical (unpaired) electrons. The lowest BCUT2D eigenvalue weighted by molar-refractivity contribution is -0.116. The quantitative estimate of drug-likeness (QED) is 0.840. The van der Waals surface area contributed by atoms with Gasteiger partial charge < -0.3 is 11.1 Å². The molecule has 1 aromatic carbocycles. The number of rotatable bonds is 4. The van der Waals surface area contributed by atoms with Crippen LogP contribution in [0, 0.1) is 6.92 Å². The van der Waals surface area contributed by atoms with Crippen LogP contribution in [0.25, 0.3) is 5.69 Å². The van der Waals surface area contributed by atoms with Gasteiger partial charge >= 0.3 is 0 Å². The number of tetrazole rings is 1. The van der Waals surface area contributed by atoms with Gasteiger partial charge in [-0.15, -0.1) is 5.10 Å². The molecule has 0 bridgehead atoms. The number of carbonyl (C=O) groups is 1. The Hall–Kier alpha value is -2.28. The van der Waals surface area contributed by atoms with E-state index in [0.29, 0.717) is 6.42 Å². The molecule has 19 heavy (non-hydrogen) atoms. The molecule has 0 saturated heterocycles. The van der Waals surface area contributed by atoms with E-state index in [9.17, 15) is 4.79 Å². The Morgan fingerprint density at radius 3 is 2.89 bits per heavy atom.